The number of hydrogen-bond acceptors (Lipinski definition) is 6. The molecule has 0 atom stereocenters. The standard InChI is InChI=1S/C14H13N5O2S/c1-2-21-10-8-11(9-6-4-3-5-7-9)22-12(10)13(20)15-14-16-18-19-17-14/h3-8H,2H2,1H3,(H2,15,16,17,18,19,20). The van der Waals surface area contributed by atoms with Gasteiger partial charge in [0.2, 0.25) is 0 Å². The number of thiophene rings is 1. The van der Waals surface area contributed by atoms with E-state index in [9.17, 15) is 4.79 Å². The summed E-state index contributed by atoms with van der Waals surface area (Å²) in [5.41, 5.74) is 1.03. The molecule has 1 amide bonds. The van der Waals surface area contributed by atoms with Crippen LogP contribution < -0.4 is 10.1 Å². The van der Waals surface area contributed by atoms with E-state index in [0.29, 0.717) is 17.2 Å². The van der Waals surface area contributed by atoms with Crippen LogP contribution >= 0.6 is 11.3 Å². The van der Waals surface area contributed by atoms with Gasteiger partial charge in [-0.1, -0.05) is 35.4 Å². The Morgan fingerprint density at radius 1 is 1.36 bits per heavy atom. The van der Waals surface area contributed by atoms with E-state index >= 15 is 0 Å². The smallest absolute Gasteiger partial charge is 0.272 e. The van der Waals surface area contributed by atoms with E-state index in [2.05, 4.69) is 25.9 Å². The number of anilines is 1. The fourth-order valence-corrected chi connectivity index (χ4v) is 2.92. The molecule has 0 unspecified atom stereocenters. The van der Waals surface area contributed by atoms with Gasteiger partial charge < -0.3 is 4.74 Å². The highest BCUT2D eigenvalue weighted by Crippen LogP contribution is 2.36. The zero-order chi connectivity index (χ0) is 15.4. The molecule has 0 aliphatic heterocycles. The number of benzene rings is 1. The molecule has 3 aromatic rings. The topological polar surface area (TPSA) is 92.8 Å². The first-order chi connectivity index (χ1) is 10.8. The molecule has 3 rings (SSSR count). The van der Waals surface area contributed by atoms with E-state index in [1.54, 1.807) is 0 Å². The van der Waals surface area contributed by atoms with Crippen LogP contribution in [-0.2, 0) is 0 Å². The molecular weight excluding hydrogens is 302 g/mol. The molecule has 2 heterocycles. The van der Waals surface area contributed by atoms with Crippen LogP contribution in [0.25, 0.3) is 10.4 Å². The van der Waals surface area contributed by atoms with Gasteiger partial charge in [0.1, 0.15) is 10.6 Å². The lowest BCUT2D eigenvalue weighted by molar-refractivity contribution is 0.102. The molecule has 0 bridgehead atoms. The summed E-state index contributed by atoms with van der Waals surface area (Å²) in [5.74, 6) is 0.353. The predicted octanol–water partition coefficient (Wildman–Crippen LogP) is 2.58. The van der Waals surface area contributed by atoms with E-state index in [0.717, 1.165) is 10.4 Å². The quantitative estimate of drug-likeness (QED) is 0.755. The molecule has 0 aliphatic carbocycles. The fraction of sp³-hybridized carbons (Fsp3) is 0.143. The first-order valence-corrected chi connectivity index (χ1v) is 7.46. The molecule has 112 valence electrons. The van der Waals surface area contributed by atoms with Gasteiger partial charge in [0, 0.05) is 4.88 Å². The predicted molar refractivity (Wildman–Crippen MR) is 83.1 cm³/mol. The van der Waals surface area contributed by atoms with Crippen molar-refractivity contribution in [3.05, 3.63) is 41.3 Å². The summed E-state index contributed by atoms with van der Waals surface area (Å²) in [5, 5.41) is 15.7. The lowest BCUT2D eigenvalue weighted by Crippen LogP contribution is -2.12. The molecule has 0 aliphatic rings. The third-order valence-electron chi connectivity index (χ3n) is 2.83. The lowest BCUT2D eigenvalue weighted by Gasteiger charge is -2.03. The minimum absolute atomic E-state index is 0.127. The summed E-state index contributed by atoms with van der Waals surface area (Å²) in [4.78, 5) is 13.8. The van der Waals surface area contributed by atoms with Crippen molar-refractivity contribution in [1.29, 1.82) is 0 Å². The Morgan fingerprint density at radius 3 is 2.86 bits per heavy atom. The summed E-state index contributed by atoms with van der Waals surface area (Å²) in [7, 11) is 0. The van der Waals surface area contributed by atoms with Crippen molar-refractivity contribution in [2.24, 2.45) is 0 Å². The second kappa shape index (κ2) is 6.35. The van der Waals surface area contributed by atoms with Crippen LogP contribution in [0.4, 0.5) is 5.95 Å². The summed E-state index contributed by atoms with van der Waals surface area (Å²) < 4.78 is 5.56. The highest BCUT2D eigenvalue weighted by Gasteiger charge is 2.19. The van der Waals surface area contributed by atoms with Crippen molar-refractivity contribution in [1.82, 2.24) is 20.6 Å². The van der Waals surface area contributed by atoms with Gasteiger partial charge in [0.05, 0.1) is 6.61 Å². The Hall–Kier alpha value is -2.74. The maximum absolute atomic E-state index is 12.3. The average molecular weight is 315 g/mol. The second-order valence-electron chi connectivity index (χ2n) is 4.29. The van der Waals surface area contributed by atoms with Gasteiger partial charge in [-0.15, -0.1) is 16.4 Å². The number of ether oxygens (including phenoxy) is 1. The summed E-state index contributed by atoms with van der Waals surface area (Å²) in [6, 6.07) is 11.7. The first-order valence-electron chi connectivity index (χ1n) is 6.64. The number of rotatable bonds is 5. The number of carbonyl (C=O) groups is 1. The molecule has 0 spiro atoms. The van der Waals surface area contributed by atoms with Gasteiger partial charge in [0.15, 0.2) is 0 Å². The van der Waals surface area contributed by atoms with Crippen molar-refractivity contribution >= 4 is 23.2 Å². The van der Waals surface area contributed by atoms with Crippen LogP contribution in [0.15, 0.2) is 36.4 Å². The number of nitrogens with one attached hydrogen (secondary N) is 2. The van der Waals surface area contributed by atoms with Crippen molar-refractivity contribution in [3.63, 3.8) is 0 Å². The summed E-state index contributed by atoms with van der Waals surface area (Å²) in [6.45, 7) is 2.36. The average Bonchev–Trinajstić information content (AvgIpc) is 3.18. The van der Waals surface area contributed by atoms with Gasteiger partial charge in [-0.2, -0.15) is 5.21 Å². The van der Waals surface area contributed by atoms with Crippen LogP contribution in [0.2, 0.25) is 0 Å². The molecule has 2 N–H and O–H groups in total. The number of hydrogen-bond donors (Lipinski definition) is 2. The van der Waals surface area contributed by atoms with Gasteiger partial charge in [-0.25, -0.2) is 0 Å². The zero-order valence-electron chi connectivity index (χ0n) is 11.7. The minimum Gasteiger partial charge on any atom is -0.492 e. The minimum atomic E-state index is -0.322. The van der Waals surface area contributed by atoms with E-state index < -0.39 is 0 Å². The number of aromatic nitrogens is 4. The van der Waals surface area contributed by atoms with Crippen LogP contribution in [0.1, 0.15) is 16.6 Å². The second-order valence-corrected chi connectivity index (χ2v) is 5.34. The van der Waals surface area contributed by atoms with E-state index in [1.165, 1.54) is 11.3 Å². The van der Waals surface area contributed by atoms with Crippen LogP contribution in [0, 0.1) is 0 Å². The van der Waals surface area contributed by atoms with Crippen LogP contribution in [0.5, 0.6) is 5.75 Å². The Kier molecular flexibility index (Phi) is 4.10. The highest BCUT2D eigenvalue weighted by molar-refractivity contribution is 7.17. The van der Waals surface area contributed by atoms with Gasteiger partial charge in [-0.05, 0) is 23.8 Å². The SMILES string of the molecule is CCOc1cc(-c2ccccc2)sc1C(=O)Nc1nn[nH]n1. The molecule has 2 aromatic heterocycles. The summed E-state index contributed by atoms with van der Waals surface area (Å²) >= 11 is 1.36. The molecule has 0 radical (unpaired) electrons. The zero-order valence-corrected chi connectivity index (χ0v) is 12.6. The van der Waals surface area contributed by atoms with E-state index in [4.69, 9.17) is 4.74 Å². The Balaban J connectivity index is 1.92. The van der Waals surface area contributed by atoms with Crippen molar-refractivity contribution in [2.75, 3.05) is 11.9 Å². The van der Waals surface area contributed by atoms with Gasteiger partial charge >= 0.3 is 0 Å². The Morgan fingerprint density at radius 2 is 2.18 bits per heavy atom. The molecule has 0 fully saturated rings. The number of aromatic amines is 1. The third-order valence-corrected chi connectivity index (χ3v) is 4.00. The number of tetrazole rings is 1. The molecule has 0 saturated heterocycles. The van der Waals surface area contributed by atoms with Gasteiger partial charge in [-0.3, -0.25) is 10.1 Å². The van der Waals surface area contributed by atoms with Gasteiger partial charge in [0.25, 0.3) is 11.9 Å². The van der Waals surface area contributed by atoms with Crippen molar-refractivity contribution in [2.45, 2.75) is 6.92 Å². The molecule has 22 heavy (non-hydrogen) atoms. The van der Waals surface area contributed by atoms with Crippen LogP contribution in [-0.4, -0.2) is 33.1 Å². The number of amides is 1. The number of H-pyrrole nitrogens is 1. The largest absolute Gasteiger partial charge is 0.492 e. The number of carbonyl (C=O) groups excluding carboxylic acids is 1. The monoisotopic (exact) mass is 315 g/mol. The lowest BCUT2D eigenvalue weighted by atomic mass is 10.2. The molecule has 1 aromatic carbocycles. The van der Waals surface area contributed by atoms with E-state index in [1.807, 2.05) is 43.3 Å². The fourth-order valence-electron chi connectivity index (χ4n) is 1.91. The number of nitrogens with zero attached hydrogens (tertiary/aromatic N) is 3. The highest BCUT2D eigenvalue weighted by atomic mass is 32.1. The third kappa shape index (κ3) is 2.96. The molecule has 7 nitrogen and oxygen atoms in total. The summed E-state index contributed by atoms with van der Waals surface area (Å²) in [6.07, 6.45) is 0. The maximum atomic E-state index is 12.3. The Bertz CT molecular complexity index is 755. The van der Waals surface area contributed by atoms with Crippen molar-refractivity contribution < 1.29 is 9.53 Å². The molecule has 8 heteroatoms. The van der Waals surface area contributed by atoms with E-state index in [-0.39, 0.29) is 11.9 Å². The van der Waals surface area contributed by atoms with Crippen LogP contribution in [0.3, 0.4) is 0 Å². The Labute approximate surface area is 130 Å². The molecular formula is C14H13N5O2S. The first kappa shape index (κ1) is 14.2. The van der Waals surface area contributed by atoms with Crippen molar-refractivity contribution in [3.8, 4) is 16.2 Å². The maximum Gasteiger partial charge on any atom is 0.272 e. The normalized spacial score (nSPS) is 10.4. The molecule has 0 saturated carbocycles.